The fourth-order valence-corrected chi connectivity index (χ4v) is 2.33. The van der Waals surface area contributed by atoms with E-state index in [9.17, 15) is 4.79 Å². The van der Waals surface area contributed by atoms with Crippen LogP contribution in [0.5, 0.6) is 0 Å². The third-order valence-corrected chi connectivity index (χ3v) is 3.41. The summed E-state index contributed by atoms with van der Waals surface area (Å²) in [6.45, 7) is 2.86. The van der Waals surface area contributed by atoms with E-state index in [2.05, 4.69) is 11.9 Å². The molecule has 0 bridgehead atoms. The van der Waals surface area contributed by atoms with Crippen molar-refractivity contribution in [3.63, 3.8) is 0 Å². The fraction of sp³-hybridized carbons (Fsp3) is 0.429. The Morgan fingerprint density at radius 2 is 2.11 bits per heavy atom. The quantitative estimate of drug-likeness (QED) is 0.778. The summed E-state index contributed by atoms with van der Waals surface area (Å²) in [6.07, 6.45) is 3.57. The molecule has 0 radical (unpaired) electrons. The molecule has 1 atom stereocenters. The van der Waals surface area contributed by atoms with E-state index in [1.165, 1.54) is 0 Å². The molecule has 0 amide bonds. The van der Waals surface area contributed by atoms with Gasteiger partial charge in [0.25, 0.3) is 5.56 Å². The Bertz CT molecular complexity index is 579. The van der Waals surface area contributed by atoms with Crippen LogP contribution in [-0.4, -0.2) is 15.4 Å². The topological polar surface area (TPSA) is 34.9 Å². The van der Waals surface area contributed by atoms with Crippen LogP contribution in [0, 0.1) is 5.92 Å². The third-order valence-electron chi connectivity index (χ3n) is 3.20. The fourth-order valence-electron chi connectivity index (χ4n) is 1.96. The van der Waals surface area contributed by atoms with Gasteiger partial charge in [-0.25, -0.2) is 4.98 Å². The second-order valence-corrected chi connectivity index (χ2v) is 5.01. The first-order valence-corrected chi connectivity index (χ1v) is 6.76. The molecule has 1 aromatic carbocycles. The predicted octanol–water partition coefficient (Wildman–Crippen LogP) is 3.05. The third kappa shape index (κ3) is 2.91. The number of fused-ring (bicyclic) bond motifs is 1. The summed E-state index contributed by atoms with van der Waals surface area (Å²) in [5.74, 6) is 1.20. The Kier molecular flexibility index (Phi) is 4.37. The van der Waals surface area contributed by atoms with E-state index in [1.807, 2.05) is 24.3 Å². The number of alkyl halides is 1. The van der Waals surface area contributed by atoms with Gasteiger partial charge in [-0.15, -0.1) is 11.6 Å². The number of nitrogens with zero attached hydrogens (tertiary/aromatic N) is 2. The van der Waals surface area contributed by atoms with Gasteiger partial charge < -0.3 is 0 Å². The molecule has 0 aliphatic heterocycles. The lowest BCUT2D eigenvalue weighted by molar-refractivity contribution is 0.463. The van der Waals surface area contributed by atoms with Gasteiger partial charge in [-0.2, -0.15) is 0 Å². The highest BCUT2D eigenvalue weighted by atomic mass is 35.5. The number of aryl methyl sites for hydroxylation is 1. The average Bonchev–Trinajstić information content (AvgIpc) is 2.39. The molecule has 1 unspecified atom stereocenters. The van der Waals surface area contributed by atoms with Crippen molar-refractivity contribution >= 4 is 22.5 Å². The minimum absolute atomic E-state index is 0.0404. The van der Waals surface area contributed by atoms with E-state index in [0.717, 1.165) is 18.4 Å². The highest BCUT2D eigenvalue weighted by Crippen LogP contribution is 2.10. The number of halogens is 1. The molecular weight excluding hydrogens is 248 g/mol. The second-order valence-electron chi connectivity index (χ2n) is 4.63. The number of para-hydroxylation sites is 1. The zero-order valence-corrected chi connectivity index (χ0v) is 11.2. The van der Waals surface area contributed by atoms with E-state index in [0.29, 0.717) is 23.7 Å². The van der Waals surface area contributed by atoms with Crippen LogP contribution >= 0.6 is 11.6 Å². The molecule has 1 aromatic heterocycles. The van der Waals surface area contributed by atoms with Crippen molar-refractivity contribution < 1.29 is 0 Å². The van der Waals surface area contributed by atoms with Gasteiger partial charge in [-0.05, 0) is 30.9 Å². The molecule has 4 heteroatoms. The van der Waals surface area contributed by atoms with E-state index in [1.54, 1.807) is 10.9 Å². The highest BCUT2D eigenvalue weighted by Gasteiger charge is 2.05. The standard InChI is InChI=1S/C14H17ClN2O/c1-11(6-8-15)7-9-17-10-16-13-5-3-2-4-12(13)14(17)18/h2-5,10-11H,6-9H2,1H3. The van der Waals surface area contributed by atoms with Gasteiger partial charge in [0.2, 0.25) is 0 Å². The van der Waals surface area contributed by atoms with E-state index in [4.69, 9.17) is 11.6 Å². The Labute approximate surface area is 111 Å². The maximum absolute atomic E-state index is 12.2. The maximum Gasteiger partial charge on any atom is 0.261 e. The monoisotopic (exact) mass is 264 g/mol. The first-order chi connectivity index (χ1) is 8.72. The summed E-state index contributed by atoms with van der Waals surface area (Å²) in [7, 11) is 0. The molecular formula is C14H17ClN2O. The predicted molar refractivity (Wildman–Crippen MR) is 75.1 cm³/mol. The number of rotatable bonds is 5. The Morgan fingerprint density at radius 1 is 1.33 bits per heavy atom. The van der Waals surface area contributed by atoms with Crippen molar-refractivity contribution in [2.24, 2.45) is 5.92 Å². The summed E-state index contributed by atoms with van der Waals surface area (Å²) >= 11 is 5.71. The minimum Gasteiger partial charge on any atom is -0.299 e. The van der Waals surface area contributed by atoms with Gasteiger partial charge >= 0.3 is 0 Å². The van der Waals surface area contributed by atoms with Crippen molar-refractivity contribution in [2.45, 2.75) is 26.3 Å². The number of hydrogen-bond donors (Lipinski definition) is 0. The van der Waals surface area contributed by atoms with Gasteiger partial charge in [-0.3, -0.25) is 9.36 Å². The molecule has 2 rings (SSSR count). The van der Waals surface area contributed by atoms with E-state index in [-0.39, 0.29) is 5.56 Å². The molecule has 3 nitrogen and oxygen atoms in total. The van der Waals surface area contributed by atoms with Crippen LogP contribution in [0.4, 0.5) is 0 Å². The summed E-state index contributed by atoms with van der Waals surface area (Å²) < 4.78 is 1.69. The Morgan fingerprint density at radius 3 is 2.89 bits per heavy atom. The molecule has 0 saturated heterocycles. The van der Waals surface area contributed by atoms with Gasteiger partial charge in [0.1, 0.15) is 0 Å². The van der Waals surface area contributed by atoms with Crippen LogP contribution in [0.1, 0.15) is 19.8 Å². The molecule has 2 aromatic rings. The zero-order chi connectivity index (χ0) is 13.0. The van der Waals surface area contributed by atoms with E-state index < -0.39 is 0 Å². The molecule has 18 heavy (non-hydrogen) atoms. The SMILES string of the molecule is CC(CCCl)CCn1cnc2ccccc2c1=O. The van der Waals surface area contributed by atoms with Gasteiger partial charge in [0.05, 0.1) is 17.2 Å². The highest BCUT2D eigenvalue weighted by molar-refractivity contribution is 6.17. The molecule has 96 valence electrons. The average molecular weight is 265 g/mol. The molecule has 0 spiro atoms. The lowest BCUT2D eigenvalue weighted by Crippen LogP contribution is -2.21. The van der Waals surface area contributed by atoms with Crippen LogP contribution in [-0.2, 0) is 6.54 Å². The van der Waals surface area contributed by atoms with Crippen molar-refractivity contribution in [1.29, 1.82) is 0 Å². The molecule has 0 aliphatic rings. The van der Waals surface area contributed by atoms with E-state index >= 15 is 0 Å². The van der Waals surface area contributed by atoms with Crippen LogP contribution in [0.2, 0.25) is 0 Å². The first kappa shape index (κ1) is 13.1. The molecule has 1 heterocycles. The molecule has 0 aliphatic carbocycles. The summed E-state index contributed by atoms with van der Waals surface area (Å²) in [5.41, 5.74) is 0.797. The molecule has 0 fully saturated rings. The van der Waals surface area contributed by atoms with Crippen molar-refractivity contribution in [3.8, 4) is 0 Å². The van der Waals surface area contributed by atoms with Gasteiger partial charge in [0.15, 0.2) is 0 Å². The summed E-state index contributed by atoms with van der Waals surface area (Å²) in [6, 6.07) is 7.44. The Hall–Kier alpha value is -1.35. The van der Waals surface area contributed by atoms with Crippen molar-refractivity contribution in [2.75, 3.05) is 5.88 Å². The Balaban J connectivity index is 2.19. The zero-order valence-electron chi connectivity index (χ0n) is 10.5. The number of hydrogen-bond acceptors (Lipinski definition) is 2. The molecule has 0 N–H and O–H groups in total. The second kappa shape index (κ2) is 6.01. The number of aromatic nitrogens is 2. The van der Waals surface area contributed by atoms with Crippen LogP contribution in [0.3, 0.4) is 0 Å². The van der Waals surface area contributed by atoms with Crippen molar-refractivity contribution in [1.82, 2.24) is 9.55 Å². The van der Waals surface area contributed by atoms with Crippen LogP contribution < -0.4 is 5.56 Å². The minimum atomic E-state index is 0.0404. The van der Waals surface area contributed by atoms with Crippen LogP contribution in [0.25, 0.3) is 10.9 Å². The first-order valence-electron chi connectivity index (χ1n) is 6.22. The lowest BCUT2D eigenvalue weighted by Gasteiger charge is -2.11. The van der Waals surface area contributed by atoms with Gasteiger partial charge in [-0.1, -0.05) is 19.1 Å². The maximum atomic E-state index is 12.2. The van der Waals surface area contributed by atoms with Gasteiger partial charge in [0, 0.05) is 12.4 Å². The lowest BCUT2D eigenvalue weighted by atomic mass is 10.1. The molecule has 0 saturated carbocycles. The van der Waals surface area contributed by atoms with Crippen molar-refractivity contribution in [3.05, 3.63) is 40.9 Å². The normalized spacial score (nSPS) is 12.8. The summed E-state index contributed by atoms with van der Waals surface area (Å²) in [4.78, 5) is 16.5. The summed E-state index contributed by atoms with van der Waals surface area (Å²) in [5, 5.41) is 0.685. The smallest absolute Gasteiger partial charge is 0.261 e. The number of benzene rings is 1. The van der Waals surface area contributed by atoms with Crippen LogP contribution in [0.15, 0.2) is 35.4 Å². The largest absolute Gasteiger partial charge is 0.299 e.